The van der Waals surface area contributed by atoms with E-state index in [-0.39, 0.29) is 0 Å². The van der Waals surface area contributed by atoms with Crippen molar-refractivity contribution >= 4 is 6.08 Å². The first-order chi connectivity index (χ1) is 5.88. The van der Waals surface area contributed by atoms with Gasteiger partial charge in [-0.15, -0.1) is 0 Å². The van der Waals surface area contributed by atoms with Crippen molar-refractivity contribution in [3.8, 4) is 0 Å². The molecule has 1 aliphatic carbocycles. The third-order valence-electron chi connectivity index (χ3n) is 1.69. The zero-order valence-corrected chi connectivity index (χ0v) is 8.05. The van der Waals surface area contributed by atoms with Crippen molar-refractivity contribution in [1.29, 1.82) is 0 Å². The molecule has 1 aliphatic rings. The Kier molecular flexibility index (Phi) is 3.91. The van der Waals surface area contributed by atoms with Crippen molar-refractivity contribution in [2.24, 2.45) is 0 Å². The molecule has 0 spiro atoms. The molecule has 0 heterocycles. The average molecular weight is 196 g/mol. The molecule has 0 bridgehead atoms. The summed E-state index contributed by atoms with van der Waals surface area (Å²) in [7, 11) is 0. The third kappa shape index (κ3) is 2.40. The summed E-state index contributed by atoms with van der Waals surface area (Å²) in [6, 6.07) is 8.49. The van der Waals surface area contributed by atoms with Crippen molar-refractivity contribution < 1.29 is 25.7 Å². The second-order valence-corrected chi connectivity index (χ2v) is 2.65. The monoisotopic (exact) mass is 196 g/mol. The quantitative estimate of drug-likeness (QED) is 0.594. The second-order valence-electron chi connectivity index (χ2n) is 2.39. The number of allylic oxidation sites excluding steroid dienone is 1. The summed E-state index contributed by atoms with van der Waals surface area (Å²) in [5.41, 5.74) is 2.84. The van der Waals surface area contributed by atoms with E-state index in [0.29, 0.717) is 0 Å². The Morgan fingerprint density at radius 1 is 1.17 bits per heavy atom. The first kappa shape index (κ1) is 9.36. The molecule has 2 rings (SSSR count). The van der Waals surface area contributed by atoms with Crippen molar-refractivity contribution in [1.82, 2.24) is 0 Å². The minimum atomic E-state index is -2.00. The molecule has 0 aliphatic heterocycles. The van der Waals surface area contributed by atoms with Crippen molar-refractivity contribution in [3.05, 3.63) is 41.5 Å². The van der Waals surface area contributed by atoms with Crippen LogP contribution in [0.4, 0.5) is 0 Å². The third-order valence-corrected chi connectivity index (χ3v) is 1.69. The van der Waals surface area contributed by atoms with E-state index >= 15 is 0 Å². The number of fused-ring (bicyclic) bond motifs is 1. The molecule has 1 aromatic carbocycles. The van der Waals surface area contributed by atoms with Crippen molar-refractivity contribution in [2.45, 2.75) is 6.42 Å². The van der Waals surface area contributed by atoms with Gasteiger partial charge in [0.2, 0.25) is 0 Å². The van der Waals surface area contributed by atoms with Crippen LogP contribution >= 0.6 is 0 Å². The first-order valence-corrected chi connectivity index (χ1v) is 4.89. The topological polar surface area (TPSA) is 34.1 Å². The molecule has 0 saturated carbocycles. The van der Waals surface area contributed by atoms with Gasteiger partial charge in [0, 0.05) is 0 Å². The molecule has 2 nitrogen and oxygen atoms in total. The molecule has 0 fully saturated rings. The average Bonchev–Trinajstić information content (AvgIpc) is 2.52. The van der Waals surface area contributed by atoms with Crippen LogP contribution in [-0.4, -0.2) is 0 Å². The molecule has 0 unspecified atom stereocenters. The first-order valence-electron chi connectivity index (χ1n) is 3.62. The predicted octanol–water partition coefficient (Wildman–Crippen LogP) is 2.02. The zero-order valence-electron chi connectivity index (χ0n) is 6.49. The van der Waals surface area contributed by atoms with Gasteiger partial charge in [-0.1, -0.05) is 36.4 Å². The SMILES string of the molecule is C1=Cc2ccccc2C1.[O]=[Ti]=[O]. The molecule has 0 N–H and O–H groups in total. The van der Waals surface area contributed by atoms with Crippen LogP contribution in [0.15, 0.2) is 30.3 Å². The summed E-state index contributed by atoms with van der Waals surface area (Å²) < 4.78 is 17.0. The van der Waals surface area contributed by atoms with Gasteiger partial charge in [0.05, 0.1) is 0 Å². The fraction of sp³-hybridized carbons (Fsp3) is 0.111. The minimum absolute atomic E-state index is 1.12. The van der Waals surface area contributed by atoms with Gasteiger partial charge < -0.3 is 0 Å². The Bertz CT molecular complexity index is 325. The molecule has 1 aromatic rings. The molecule has 0 saturated heterocycles. The maximum absolute atomic E-state index is 8.50. The van der Waals surface area contributed by atoms with E-state index in [1.165, 1.54) is 11.1 Å². The van der Waals surface area contributed by atoms with E-state index in [9.17, 15) is 0 Å². The summed E-state index contributed by atoms with van der Waals surface area (Å²) in [4.78, 5) is 0. The molecule has 12 heavy (non-hydrogen) atoms. The predicted molar refractivity (Wildman–Crippen MR) is 40.6 cm³/mol. The normalized spacial score (nSPS) is 11.0. The van der Waals surface area contributed by atoms with Crippen LogP contribution in [-0.2, 0) is 32.2 Å². The summed E-state index contributed by atoms with van der Waals surface area (Å²) in [6.45, 7) is 0. The Morgan fingerprint density at radius 3 is 2.50 bits per heavy atom. The summed E-state index contributed by atoms with van der Waals surface area (Å²) >= 11 is -2.00. The Balaban J connectivity index is 0.000000213. The van der Waals surface area contributed by atoms with E-state index in [2.05, 4.69) is 36.4 Å². The number of hydrogen-bond acceptors (Lipinski definition) is 2. The van der Waals surface area contributed by atoms with Gasteiger partial charge in [-0.2, -0.15) is 0 Å². The van der Waals surface area contributed by atoms with Gasteiger partial charge in [-0.25, -0.2) is 0 Å². The fourth-order valence-electron chi connectivity index (χ4n) is 1.20. The standard InChI is InChI=1S/C9H8.2O.Ti/c1-2-5-9-7-3-6-8(9)4-1;;;/h1-6H,7H2;;;. The van der Waals surface area contributed by atoms with Gasteiger partial charge in [-0.05, 0) is 17.5 Å². The summed E-state index contributed by atoms with van der Waals surface area (Å²) in [6.07, 6.45) is 5.50. The van der Waals surface area contributed by atoms with E-state index in [4.69, 9.17) is 6.65 Å². The van der Waals surface area contributed by atoms with E-state index in [1.807, 2.05) is 0 Å². The molecule has 0 amide bonds. The van der Waals surface area contributed by atoms with Gasteiger partial charge >= 0.3 is 25.7 Å². The van der Waals surface area contributed by atoms with Gasteiger partial charge in [0.1, 0.15) is 0 Å². The molecule has 0 aromatic heterocycles. The van der Waals surface area contributed by atoms with Crippen molar-refractivity contribution in [2.75, 3.05) is 0 Å². The van der Waals surface area contributed by atoms with Crippen LogP contribution in [0.2, 0.25) is 0 Å². The molecular formula is C9H8O2Ti. The van der Waals surface area contributed by atoms with Crippen LogP contribution in [0.5, 0.6) is 0 Å². The van der Waals surface area contributed by atoms with E-state index < -0.39 is 19.1 Å². The number of rotatable bonds is 0. The Labute approximate surface area is 79.9 Å². The summed E-state index contributed by atoms with van der Waals surface area (Å²) in [5, 5.41) is 0. The summed E-state index contributed by atoms with van der Waals surface area (Å²) in [5.74, 6) is 0. The fourth-order valence-corrected chi connectivity index (χ4v) is 1.20. The van der Waals surface area contributed by atoms with Gasteiger partial charge in [0.25, 0.3) is 0 Å². The van der Waals surface area contributed by atoms with E-state index in [0.717, 1.165) is 6.42 Å². The second kappa shape index (κ2) is 5.02. The van der Waals surface area contributed by atoms with Crippen LogP contribution in [0.1, 0.15) is 11.1 Å². The molecule has 0 radical (unpaired) electrons. The maximum atomic E-state index is 8.50. The van der Waals surface area contributed by atoms with Crippen LogP contribution < -0.4 is 0 Å². The number of benzene rings is 1. The molecule has 0 atom stereocenters. The van der Waals surface area contributed by atoms with Gasteiger partial charge in [-0.3, -0.25) is 0 Å². The van der Waals surface area contributed by atoms with E-state index in [1.54, 1.807) is 0 Å². The van der Waals surface area contributed by atoms with Gasteiger partial charge in [0.15, 0.2) is 0 Å². The molecule has 60 valence electrons. The number of hydrogen-bond donors (Lipinski definition) is 0. The van der Waals surface area contributed by atoms with Crippen LogP contribution in [0.25, 0.3) is 6.08 Å². The zero-order chi connectivity index (χ0) is 8.81. The van der Waals surface area contributed by atoms with Crippen LogP contribution in [0, 0.1) is 0 Å². The Hall–Kier alpha value is -0.726. The van der Waals surface area contributed by atoms with Crippen molar-refractivity contribution in [3.63, 3.8) is 0 Å². The Morgan fingerprint density at radius 2 is 1.83 bits per heavy atom. The van der Waals surface area contributed by atoms with Crippen LogP contribution in [0.3, 0.4) is 0 Å². The molecule has 3 heteroatoms. The molecular weight excluding hydrogens is 188 g/mol.